The summed E-state index contributed by atoms with van der Waals surface area (Å²) in [5, 5.41) is 13.4. The van der Waals surface area contributed by atoms with Gasteiger partial charge in [-0.25, -0.2) is 5.43 Å². The van der Waals surface area contributed by atoms with Crippen molar-refractivity contribution in [1.29, 1.82) is 0 Å². The van der Waals surface area contributed by atoms with E-state index >= 15 is 0 Å². The third kappa shape index (κ3) is 3.92. The maximum absolute atomic E-state index is 12.0. The summed E-state index contributed by atoms with van der Waals surface area (Å²) in [6, 6.07) is 14.1. The molecule has 2 N–H and O–H groups in total. The highest BCUT2D eigenvalue weighted by Crippen LogP contribution is 2.10. The Balaban J connectivity index is 2.12. The van der Waals surface area contributed by atoms with Crippen LogP contribution >= 0.6 is 0 Å². The van der Waals surface area contributed by atoms with Gasteiger partial charge in [-0.15, -0.1) is 0 Å². The lowest BCUT2D eigenvalue weighted by molar-refractivity contribution is 0.0955. The summed E-state index contributed by atoms with van der Waals surface area (Å²) in [5.74, 6) is -0.169. The molecule has 4 heteroatoms. The van der Waals surface area contributed by atoms with Gasteiger partial charge in [0.15, 0.2) is 0 Å². The molecule has 0 radical (unpaired) electrons. The molecule has 0 spiro atoms. The molecule has 0 saturated carbocycles. The van der Waals surface area contributed by atoms with Crippen molar-refractivity contribution < 1.29 is 9.90 Å². The number of rotatable bonds is 4. The van der Waals surface area contributed by atoms with Gasteiger partial charge >= 0.3 is 0 Å². The molecule has 108 valence electrons. The van der Waals surface area contributed by atoms with Crippen molar-refractivity contribution in [3.05, 3.63) is 65.2 Å². The van der Waals surface area contributed by atoms with E-state index in [-0.39, 0.29) is 11.7 Å². The number of carbonyl (C=O) groups excluding carboxylic acids is 1. The summed E-state index contributed by atoms with van der Waals surface area (Å²) < 4.78 is 0. The number of nitrogens with one attached hydrogen (secondary N) is 1. The number of carbonyl (C=O) groups is 1. The first kappa shape index (κ1) is 14.8. The summed E-state index contributed by atoms with van der Waals surface area (Å²) in [4.78, 5) is 12.0. The number of aromatic hydroxyl groups is 1. The van der Waals surface area contributed by atoms with E-state index in [0.29, 0.717) is 5.56 Å². The van der Waals surface area contributed by atoms with Crippen molar-refractivity contribution in [2.45, 2.75) is 20.3 Å². The molecular formula is C17H18N2O2. The number of aryl methyl sites for hydroxylation is 1. The third-order valence-electron chi connectivity index (χ3n) is 3.14. The van der Waals surface area contributed by atoms with E-state index < -0.39 is 0 Å². The Morgan fingerprint density at radius 2 is 1.62 bits per heavy atom. The van der Waals surface area contributed by atoms with Crippen molar-refractivity contribution in [2.24, 2.45) is 5.10 Å². The minimum absolute atomic E-state index is 0.129. The van der Waals surface area contributed by atoms with Crippen molar-refractivity contribution in [3.63, 3.8) is 0 Å². The second kappa shape index (κ2) is 6.70. The SMILES string of the molecule is CC/C(=N/NC(=O)c1ccc(O)cc1)c1ccc(C)cc1. The highest BCUT2D eigenvalue weighted by atomic mass is 16.3. The molecule has 21 heavy (non-hydrogen) atoms. The quantitative estimate of drug-likeness (QED) is 0.668. The van der Waals surface area contributed by atoms with Gasteiger partial charge in [-0.2, -0.15) is 5.10 Å². The zero-order valence-corrected chi connectivity index (χ0v) is 12.1. The summed E-state index contributed by atoms with van der Waals surface area (Å²) in [6.45, 7) is 4.02. The molecule has 2 rings (SSSR count). The van der Waals surface area contributed by atoms with Gasteiger partial charge in [0.1, 0.15) is 5.75 Å². The van der Waals surface area contributed by atoms with E-state index in [2.05, 4.69) is 10.5 Å². The number of hydrogen-bond donors (Lipinski definition) is 2. The maximum atomic E-state index is 12.0. The van der Waals surface area contributed by atoms with Gasteiger partial charge in [0.25, 0.3) is 5.91 Å². The lowest BCUT2D eigenvalue weighted by Crippen LogP contribution is -2.19. The number of amides is 1. The molecule has 0 heterocycles. The Kier molecular flexibility index (Phi) is 4.72. The molecule has 1 amide bonds. The molecule has 0 atom stereocenters. The number of hydrazone groups is 1. The summed E-state index contributed by atoms with van der Waals surface area (Å²) in [7, 11) is 0. The Morgan fingerprint density at radius 1 is 1.05 bits per heavy atom. The third-order valence-corrected chi connectivity index (χ3v) is 3.14. The average molecular weight is 282 g/mol. The van der Waals surface area contributed by atoms with E-state index in [1.165, 1.54) is 17.7 Å². The van der Waals surface area contributed by atoms with Gasteiger partial charge in [-0.05, 0) is 43.2 Å². The summed E-state index contributed by atoms with van der Waals surface area (Å²) in [5.41, 5.74) is 6.00. The van der Waals surface area contributed by atoms with Crippen LogP contribution in [0.4, 0.5) is 0 Å². The molecule has 0 aliphatic heterocycles. The van der Waals surface area contributed by atoms with Crippen LogP contribution < -0.4 is 5.43 Å². The molecule has 0 aliphatic carbocycles. The number of benzene rings is 2. The largest absolute Gasteiger partial charge is 0.508 e. The Labute approximate surface area is 124 Å². The van der Waals surface area contributed by atoms with Crippen molar-refractivity contribution in [1.82, 2.24) is 5.43 Å². The minimum atomic E-state index is -0.298. The Bertz CT molecular complexity index is 643. The molecule has 0 unspecified atom stereocenters. The van der Waals surface area contributed by atoms with Gasteiger partial charge in [0.05, 0.1) is 5.71 Å². The van der Waals surface area contributed by atoms with Crippen LogP contribution in [0.25, 0.3) is 0 Å². The zero-order valence-electron chi connectivity index (χ0n) is 12.1. The molecule has 2 aromatic carbocycles. The smallest absolute Gasteiger partial charge is 0.271 e. The fourth-order valence-corrected chi connectivity index (χ4v) is 1.89. The molecule has 4 nitrogen and oxygen atoms in total. The van der Waals surface area contributed by atoms with E-state index in [1.807, 2.05) is 38.1 Å². The number of phenols is 1. The standard InChI is InChI=1S/C17H18N2O2/c1-3-16(13-6-4-12(2)5-7-13)18-19-17(21)14-8-10-15(20)11-9-14/h4-11,20H,3H2,1-2H3,(H,19,21)/b18-16-. The van der Waals surface area contributed by atoms with E-state index in [9.17, 15) is 9.90 Å². The molecule has 0 fully saturated rings. The van der Waals surface area contributed by atoms with Crippen LogP contribution in [0.3, 0.4) is 0 Å². The number of phenolic OH excluding ortho intramolecular Hbond substituents is 1. The summed E-state index contributed by atoms with van der Waals surface area (Å²) >= 11 is 0. The predicted molar refractivity (Wildman–Crippen MR) is 83.6 cm³/mol. The van der Waals surface area contributed by atoms with Gasteiger partial charge in [-0.1, -0.05) is 36.8 Å². The van der Waals surface area contributed by atoms with Gasteiger partial charge < -0.3 is 5.11 Å². The second-order valence-corrected chi connectivity index (χ2v) is 4.77. The van der Waals surface area contributed by atoms with Crippen LogP contribution in [0, 0.1) is 6.92 Å². The summed E-state index contributed by atoms with van der Waals surface area (Å²) in [6.07, 6.45) is 0.721. The Morgan fingerprint density at radius 3 is 2.19 bits per heavy atom. The van der Waals surface area contributed by atoms with E-state index in [0.717, 1.165) is 17.7 Å². The van der Waals surface area contributed by atoms with Crippen molar-refractivity contribution >= 4 is 11.6 Å². The molecule has 0 aromatic heterocycles. The van der Waals surface area contributed by atoms with Crippen LogP contribution in [0.1, 0.15) is 34.8 Å². The van der Waals surface area contributed by atoms with Crippen LogP contribution in [-0.4, -0.2) is 16.7 Å². The van der Waals surface area contributed by atoms with Crippen LogP contribution in [0.15, 0.2) is 53.6 Å². The molecule has 0 bridgehead atoms. The average Bonchev–Trinajstić information content (AvgIpc) is 2.50. The Hall–Kier alpha value is -2.62. The highest BCUT2D eigenvalue weighted by molar-refractivity contribution is 6.02. The zero-order chi connectivity index (χ0) is 15.2. The highest BCUT2D eigenvalue weighted by Gasteiger charge is 2.06. The van der Waals surface area contributed by atoms with Crippen LogP contribution in [0.5, 0.6) is 5.75 Å². The van der Waals surface area contributed by atoms with E-state index in [4.69, 9.17) is 0 Å². The monoisotopic (exact) mass is 282 g/mol. The fourth-order valence-electron chi connectivity index (χ4n) is 1.89. The lowest BCUT2D eigenvalue weighted by atomic mass is 10.1. The number of nitrogens with zero attached hydrogens (tertiary/aromatic N) is 1. The first-order chi connectivity index (χ1) is 10.1. The predicted octanol–water partition coefficient (Wildman–Crippen LogP) is 3.24. The number of hydrogen-bond acceptors (Lipinski definition) is 3. The van der Waals surface area contributed by atoms with Gasteiger partial charge in [-0.3, -0.25) is 4.79 Å². The lowest BCUT2D eigenvalue weighted by Gasteiger charge is -2.06. The maximum Gasteiger partial charge on any atom is 0.271 e. The molecule has 2 aromatic rings. The van der Waals surface area contributed by atoms with Gasteiger partial charge in [0.2, 0.25) is 0 Å². The van der Waals surface area contributed by atoms with Crippen molar-refractivity contribution in [2.75, 3.05) is 0 Å². The van der Waals surface area contributed by atoms with Crippen LogP contribution in [-0.2, 0) is 0 Å². The molecular weight excluding hydrogens is 264 g/mol. The topological polar surface area (TPSA) is 61.7 Å². The van der Waals surface area contributed by atoms with Gasteiger partial charge in [0, 0.05) is 5.56 Å². The van der Waals surface area contributed by atoms with Crippen LogP contribution in [0.2, 0.25) is 0 Å². The molecule has 0 saturated heterocycles. The first-order valence-electron chi connectivity index (χ1n) is 6.83. The minimum Gasteiger partial charge on any atom is -0.508 e. The normalized spacial score (nSPS) is 11.2. The van der Waals surface area contributed by atoms with Crippen molar-refractivity contribution in [3.8, 4) is 5.75 Å². The fraction of sp³-hybridized carbons (Fsp3) is 0.176. The first-order valence-corrected chi connectivity index (χ1v) is 6.83. The second-order valence-electron chi connectivity index (χ2n) is 4.77. The molecule has 0 aliphatic rings. The van der Waals surface area contributed by atoms with E-state index in [1.54, 1.807) is 12.1 Å².